The lowest BCUT2D eigenvalue weighted by Gasteiger charge is -1.70. The Labute approximate surface area is 40.3 Å². The third-order valence-corrected chi connectivity index (χ3v) is 0.543. The van der Waals surface area contributed by atoms with Crippen LogP contribution < -0.4 is 5.73 Å². The van der Waals surface area contributed by atoms with Crippen molar-refractivity contribution in [3.8, 4) is 0 Å². The molecule has 1 aromatic heterocycles. The van der Waals surface area contributed by atoms with E-state index in [1.165, 1.54) is 6.26 Å². The van der Waals surface area contributed by atoms with Gasteiger partial charge in [-0.1, -0.05) is 0 Å². The average molecular weight is 103 g/mol. The summed E-state index contributed by atoms with van der Waals surface area (Å²) < 4.78 is 4.61. The maximum absolute atomic E-state index is 5.11. The number of nitrogen functional groups attached to an aromatic ring is 1. The summed E-state index contributed by atoms with van der Waals surface area (Å²) in [4.78, 5) is 0. The van der Waals surface area contributed by atoms with E-state index in [4.69, 9.17) is 5.73 Å². The third kappa shape index (κ3) is 1.26. The van der Waals surface area contributed by atoms with Crippen LogP contribution in [0.1, 0.15) is 0 Å². The maximum Gasteiger partial charge on any atom is 0.190 e. The lowest BCUT2D eigenvalue weighted by molar-refractivity contribution is 0.588. The minimum Gasteiger partial charge on any atom is -0.449 e. The van der Waals surface area contributed by atoms with Gasteiger partial charge in [-0.05, 0) is 6.07 Å². The topological polar surface area (TPSA) is 39.2 Å². The van der Waals surface area contributed by atoms with E-state index in [0.717, 1.165) is 0 Å². The Hall–Kier alpha value is -0.990. The van der Waals surface area contributed by atoms with E-state index in [0.29, 0.717) is 5.88 Å². The Balaban J connectivity index is 0.000000360. The van der Waals surface area contributed by atoms with Crippen molar-refractivity contribution in [3.05, 3.63) is 18.4 Å². The highest BCUT2D eigenvalue weighted by molar-refractivity contribution is 5.20. The molecule has 2 N–H and O–H groups in total. The van der Waals surface area contributed by atoms with Gasteiger partial charge in [0.2, 0.25) is 0 Å². The summed E-state index contributed by atoms with van der Waals surface area (Å²) in [5.41, 5.74) is 5.11. The molecule has 1 heterocycles. The molecule has 0 amide bonds. The Morgan fingerprint density at radius 1 is 1.57 bits per heavy atom. The van der Waals surface area contributed by atoms with Crippen molar-refractivity contribution in [3.63, 3.8) is 0 Å². The second-order valence-electron chi connectivity index (χ2n) is 1.02. The molecular formula is C4H6FNO. The molecule has 3 heteroatoms. The molecule has 0 radical (unpaired) electrons. The summed E-state index contributed by atoms with van der Waals surface area (Å²) in [6, 6.07) is 3.44. The van der Waals surface area contributed by atoms with Crippen molar-refractivity contribution < 1.29 is 9.12 Å². The highest BCUT2D eigenvalue weighted by atomic mass is 19.0. The summed E-state index contributed by atoms with van der Waals surface area (Å²) in [7, 11) is 0. The van der Waals surface area contributed by atoms with E-state index in [-0.39, 0.29) is 4.70 Å². The lowest BCUT2D eigenvalue weighted by atomic mass is 10.6. The van der Waals surface area contributed by atoms with Crippen LogP contribution in [-0.4, -0.2) is 0 Å². The molecule has 0 aliphatic heterocycles. The molecule has 0 spiro atoms. The van der Waals surface area contributed by atoms with Gasteiger partial charge >= 0.3 is 0 Å². The summed E-state index contributed by atoms with van der Waals surface area (Å²) in [5, 5.41) is 0. The largest absolute Gasteiger partial charge is 0.449 e. The fourth-order valence-corrected chi connectivity index (χ4v) is 0.291. The number of nitrogens with two attached hydrogens (primary N) is 1. The van der Waals surface area contributed by atoms with E-state index < -0.39 is 0 Å². The van der Waals surface area contributed by atoms with Gasteiger partial charge in [-0.25, -0.2) is 0 Å². The molecule has 0 aliphatic carbocycles. The van der Waals surface area contributed by atoms with Gasteiger partial charge in [0, 0.05) is 6.07 Å². The molecule has 7 heavy (non-hydrogen) atoms. The fraction of sp³-hybridized carbons (Fsp3) is 0. The van der Waals surface area contributed by atoms with Crippen molar-refractivity contribution in [2.45, 2.75) is 0 Å². The first-order valence-corrected chi connectivity index (χ1v) is 1.68. The van der Waals surface area contributed by atoms with E-state index in [1.807, 2.05) is 0 Å². The van der Waals surface area contributed by atoms with Gasteiger partial charge in [0.05, 0.1) is 6.26 Å². The molecule has 40 valence electrons. The molecule has 0 aliphatic rings. The van der Waals surface area contributed by atoms with Gasteiger partial charge in [0.15, 0.2) is 5.88 Å². The van der Waals surface area contributed by atoms with Gasteiger partial charge < -0.3 is 10.2 Å². The molecule has 0 unspecified atom stereocenters. The van der Waals surface area contributed by atoms with Crippen LogP contribution in [0, 0.1) is 0 Å². The van der Waals surface area contributed by atoms with Gasteiger partial charge in [-0.15, -0.1) is 0 Å². The quantitative estimate of drug-likeness (QED) is 0.532. The highest BCUT2D eigenvalue weighted by Gasteiger charge is 1.76. The second kappa shape index (κ2) is 2.23. The van der Waals surface area contributed by atoms with E-state index >= 15 is 0 Å². The standard InChI is InChI=1S/C4H5NO.FH/c5-4-2-1-3-6-4;/h1-3H,5H2;1H. The smallest absolute Gasteiger partial charge is 0.190 e. The van der Waals surface area contributed by atoms with Gasteiger partial charge in [0.25, 0.3) is 0 Å². The molecular weight excluding hydrogens is 97.0 g/mol. The zero-order chi connectivity index (χ0) is 4.41. The van der Waals surface area contributed by atoms with Crippen LogP contribution in [0.3, 0.4) is 0 Å². The second-order valence-corrected chi connectivity index (χ2v) is 1.02. The third-order valence-electron chi connectivity index (χ3n) is 0.543. The minimum atomic E-state index is 0. The molecule has 1 rings (SSSR count). The van der Waals surface area contributed by atoms with Gasteiger partial charge in [-0.3, -0.25) is 4.70 Å². The Morgan fingerprint density at radius 3 is 2.43 bits per heavy atom. The van der Waals surface area contributed by atoms with Crippen molar-refractivity contribution in [2.24, 2.45) is 0 Å². The van der Waals surface area contributed by atoms with E-state index in [9.17, 15) is 0 Å². The Bertz CT molecular complexity index is 115. The monoisotopic (exact) mass is 103 g/mol. The lowest BCUT2D eigenvalue weighted by Crippen LogP contribution is -1.74. The molecule has 0 saturated carbocycles. The Morgan fingerprint density at radius 2 is 2.29 bits per heavy atom. The van der Waals surface area contributed by atoms with Crippen LogP contribution in [0.25, 0.3) is 0 Å². The van der Waals surface area contributed by atoms with Crippen LogP contribution in [0.2, 0.25) is 0 Å². The first kappa shape index (κ1) is 6.01. The van der Waals surface area contributed by atoms with Crippen LogP contribution >= 0.6 is 0 Å². The minimum absolute atomic E-state index is 0. The molecule has 0 aromatic carbocycles. The van der Waals surface area contributed by atoms with Crippen LogP contribution in [0.5, 0.6) is 0 Å². The molecule has 0 fully saturated rings. The van der Waals surface area contributed by atoms with Crippen molar-refractivity contribution in [2.75, 3.05) is 5.73 Å². The summed E-state index contributed by atoms with van der Waals surface area (Å²) >= 11 is 0. The Kier molecular flexibility index (Phi) is 1.91. The molecule has 1 aromatic rings. The first-order valence-electron chi connectivity index (χ1n) is 1.68. The number of furan rings is 1. The molecule has 0 saturated heterocycles. The van der Waals surface area contributed by atoms with Gasteiger partial charge in [0.1, 0.15) is 0 Å². The van der Waals surface area contributed by atoms with Gasteiger partial charge in [-0.2, -0.15) is 0 Å². The summed E-state index contributed by atoms with van der Waals surface area (Å²) in [6.45, 7) is 0. The van der Waals surface area contributed by atoms with Crippen molar-refractivity contribution in [1.29, 1.82) is 0 Å². The number of rotatable bonds is 0. The zero-order valence-electron chi connectivity index (χ0n) is 3.63. The number of hydrogen-bond acceptors (Lipinski definition) is 2. The number of halogens is 1. The van der Waals surface area contributed by atoms with E-state index in [1.54, 1.807) is 12.1 Å². The molecule has 0 bridgehead atoms. The van der Waals surface area contributed by atoms with E-state index in [2.05, 4.69) is 4.42 Å². The zero-order valence-corrected chi connectivity index (χ0v) is 3.63. The predicted molar refractivity (Wildman–Crippen MR) is 25.6 cm³/mol. The maximum atomic E-state index is 5.11. The highest BCUT2D eigenvalue weighted by Crippen LogP contribution is 1.97. The predicted octanol–water partition coefficient (Wildman–Crippen LogP) is 1.01. The molecule has 2 nitrogen and oxygen atoms in total. The van der Waals surface area contributed by atoms with Crippen LogP contribution in [0.15, 0.2) is 22.8 Å². The molecule has 0 atom stereocenters. The van der Waals surface area contributed by atoms with Crippen LogP contribution in [-0.2, 0) is 0 Å². The number of anilines is 1. The van der Waals surface area contributed by atoms with Crippen molar-refractivity contribution >= 4 is 5.88 Å². The number of hydrogen-bond donors (Lipinski definition) is 1. The van der Waals surface area contributed by atoms with Crippen molar-refractivity contribution in [1.82, 2.24) is 0 Å². The van der Waals surface area contributed by atoms with Crippen LogP contribution in [0.4, 0.5) is 10.6 Å². The first-order chi connectivity index (χ1) is 2.89. The fourth-order valence-electron chi connectivity index (χ4n) is 0.291. The normalized spacial score (nSPS) is 7.43. The average Bonchev–Trinajstić information content (AvgIpc) is 1.86. The summed E-state index contributed by atoms with van der Waals surface area (Å²) in [6.07, 6.45) is 1.54. The SMILES string of the molecule is F.Nc1ccco1. The summed E-state index contributed by atoms with van der Waals surface area (Å²) in [5.74, 6) is 0.468.